The maximum Gasteiger partial charge on any atom is 0.363 e. The van der Waals surface area contributed by atoms with Gasteiger partial charge in [0.1, 0.15) is 17.4 Å². The van der Waals surface area contributed by atoms with Crippen LogP contribution in [0.15, 0.2) is 74.2 Å². The maximum absolute atomic E-state index is 12.4. The molecular weight excluding hydrogens is 626 g/mol. The number of esters is 1. The molecule has 3 aromatic rings. The van der Waals surface area contributed by atoms with E-state index in [1.54, 1.807) is 24.3 Å². The third kappa shape index (κ3) is 5.61. The van der Waals surface area contributed by atoms with E-state index in [0.29, 0.717) is 20.3 Å². The van der Waals surface area contributed by atoms with Gasteiger partial charge in [0.05, 0.1) is 18.8 Å². The Bertz CT molecular complexity index is 1450. The number of aliphatic imine (C=N–C) groups is 1. The Morgan fingerprint density at radius 2 is 1.67 bits per heavy atom. The number of non-ortho nitro benzene ring substituents is 1. The fourth-order valence-electron chi connectivity index (χ4n) is 3.15. The number of cyclic esters (lactones) is 1. The lowest BCUT2D eigenvalue weighted by Crippen LogP contribution is -2.06. The Balaban J connectivity index is 1.54. The fraction of sp³-hybridized carbons (Fsp3) is 0.0435. The summed E-state index contributed by atoms with van der Waals surface area (Å²) in [7, 11) is 0. The van der Waals surface area contributed by atoms with Crippen molar-refractivity contribution in [3.63, 3.8) is 0 Å². The van der Waals surface area contributed by atoms with E-state index >= 15 is 0 Å². The third-order valence-corrected chi connectivity index (χ3v) is 6.36. The highest BCUT2D eigenvalue weighted by molar-refractivity contribution is 9.11. The largest absolute Gasteiger partial charge is 0.487 e. The van der Waals surface area contributed by atoms with Gasteiger partial charge in [0, 0.05) is 23.8 Å². The van der Waals surface area contributed by atoms with Crippen LogP contribution >= 0.6 is 43.5 Å². The first-order chi connectivity index (χ1) is 17.1. The molecule has 0 aromatic heterocycles. The molecule has 0 radical (unpaired) electrons. The molecule has 0 saturated heterocycles. The van der Waals surface area contributed by atoms with E-state index in [2.05, 4.69) is 36.9 Å². The van der Waals surface area contributed by atoms with Crippen LogP contribution in [0.4, 0.5) is 11.4 Å². The molecule has 0 N–H and O–H groups in total. The number of hydrogen-bond acceptors (Lipinski definition) is 8. The SMILES string of the molecule is O=C1OC(c2ccc(Cl)c([N+](=O)[O-])c2)=N/C1=C\c1cc(Br)c(OCc2ccc([N+](=O)[O-])cc2)c(Br)c1. The molecule has 0 unspecified atom stereocenters. The van der Waals surface area contributed by atoms with Crippen LogP contribution in [0.25, 0.3) is 6.08 Å². The van der Waals surface area contributed by atoms with Gasteiger partial charge >= 0.3 is 5.97 Å². The van der Waals surface area contributed by atoms with E-state index in [1.807, 2.05) is 0 Å². The second-order valence-corrected chi connectivity index (χ2v) is 9.40. The Labute approximate surface area is 224 Å². The molecule has 182 valence electrons. The van der Waals surface area contributed by atoms with E-state index in [0.717, 1.165) is 5.56 Å². The van der Waals surface area contributed by atoms with Gasteiger partial charge in [-0.05, 0) is 85.5 Å². The standard InChI is InChI=1S/C23H12Br2ClN3O7/c24-16-7-13(8-17(25)21(16)35-11-12-1-4-15(5-2-12)28(31)32)9-19-23(30)36-22(27-19)14-3-6-18(26)20(10-14)29(33)34/h1-10H,11H2/b19-9-. The van der Waals surface area contributed by atoms with Gasteiger partial charge in [0.25, 0.3) is 11.4 Å². The van der Waals surface area contributed by atoms with Crippen molar-refractivity contribution in [1.29, 1.82) is 0 Å². The van der Waals surface area contributed by atoms with Crippen LogP contribution in [0.5, 0.6) is 5.75 Å². The lowest BCUT2D eigenvalue weighted by atomic mass is 10.2. The summed E-state index contributed by atoms with van der Waals surface area (Å²) >= 11 is 12.7. The molecule has 1 aliphatic rings. The first kappa shape index (κ1) is 25.5. The molecule has 10 nitrogen and oxygen atoms in total. The fourth-order valence-corrected chi connectivity index (χ4v) is 4.78. The number of benzene rings is 3. The number of nitrogens with zero attached hydrogens (tertiary/aromatic N) is 3. The van der Waals surface area contributed by atoms with Gasteiger partial charge in [-0.2, -0.15) is 0 Å². The minimum atomic E-state index is -0.714. The van der Waals surface area contributed by atoms with Crippen molar-refractivity contribution in [2.24, 2.45) is 4.99 Å². The lowest BCUT2D eigenvalue weighted by molar-refractivity contribution is -0.385. The molecular formula is C23H12Br2ClN3O7. The van der Waals surface area contributed by atoms with Gasteiger partial charge in [-0.1, -0.05) is 11.6 Å². The van der Waals surface area contributed by atoms with Crippen molar-refractivity contribution in [3.05, 3.63) is 111 Å². The first-order valence-corrected chi connectivity index (χ1v) is 11.9. The van der Waals surface area contributed by atoms with Crippen molar-refractivity contribution in [2.45, 2.75) is 6.61 Å². The second-order valence-electron chi connectivity index (χ2n) is 7.29. The molecule has 36 heavy (non-hydrogen) atoms. The zero-order valence-electron chi connectivity index (χ0n) is 17.8. The summed E-state index contributed by atoms with van der Waals surface area (Å²) in [5.41, 5.74) is 1.23. The van der Waals surface area contributed by atoms with E-state index in [9.17, 15) is 25.0 Å². The van der Waals surface area contributed by atoms with Crippen LogP contribution in [0.1, 0.15) is 16.7 Å². The van der Waals surface area contributed by atoms with E-state index < -0.39 is 15.8 Å². The van der Waals surface area contributed by atoms with E-state index in [-0.39, 0.29) is 40.2 Å². The molecule has 3 aromatic carbocycles. The normalized spacial score (nSPS) is 13.9. The molecule has 0 aliphatic carbocycles. The Morgan fingerprint density at radius 1 is 1.00 bits per heavy atom. The molecule has 4 rings (SSSR count). The van der Waals surface area contributed by atoms with Gasteiger partial charge in [-0.25, -0.2) is 9.79 Å². The van der Waals surface area contributed by atoms with Crippen LogP contribution in [-0.2, 0) is 16.1 Å². The first-order valence-electron chi connectivity index (χ1n) is 9.94. The van der Waals surface area contributed by atoms with Crippen LogP contribution in [0.2, 0.25) is 5.02 Å². The molecule has 0 atom stereocenters. The average Bonchev–Trinajstić information content (AvgIpc) is 3.18. The highest BCUT2D eigenvalue weighted by Gasteiger charge is 2.26. The second kappa shape index (κ2) is 10.6. The molecule has 13 heteroatoms. The predicted molar refractivity (Wildman–Crippen MR) is 138 cm³/mol. The monoisotopic (exact) mass is 635 g/mol. The summed E-state index contributed by atoms with van der Waals surface area (Å²) in [5, 5.41) is 21.9. The van der Waals surface area contributed by atoms with Gasteiger partial charge in [0.2, 0.25) is 5.90 Å². The minimum absolute atomic E-state index is 0.000881. The molecule has 0 saturated carbocycles. The van der Waals surface area contributed by atoms with Crippen LogP contribution < -0.4 is 4.74 Å². The topological polar surface area (TPSA) is 134 Å². The van der Waals surface area contributed by atoms with Crippen molar-refractivity contribution in [2.75, 3.05) is 0 Å². The van der Waals surface area contributed by atoms with Crippen LogP contribution in [0, 0.1) is 20.2 Å². The molecule has 0 bridgehead atoms. The highest BCUT2D eigenvalue weighted by Crippen LogP contribution is 2.36. The molecule has 1 aliphatic heterocycles. The van der Waals surface area contributed by atoms with Gasteiger partial charge in [0.15, 0.2) is 5.70 Å². The predicted octanol–water partition coefficient (Wildman–Crippen LogP) is 6.60. The van der Waals surface area contributed by atoms with E-state index in [1.165, 1.54) is 36.4 Å². The number of nitro benzene ring substituents is 2. The maximum atomic E-state index is 12.4. The Hall–Kier alpha value is -3.61. The lowest BCUT2D eigenvalue weighted by Gasteiger charge is -2.11. The van der Waals surface area contributed by atoms with Crippen LogP contribution in [-0.4, -0.2) is 21.7 Å². The van der Waals surface area contributed by atoms with Crippen molar-refractivity contribution in [3.8, 4) is 5.75 Å². The quantitative estimate of drug-likeness (QED) is 0.123. The molecule has 0 fully saturated rings. The number of ether oxygens (including phenoxy) is 2. The highest BCUT2D eigenvalue weighted by atomic mass is 79.9. The summed E-state index contributed by atoms with van der Waals surface area (Å²) in [6, 6.07) is 13.4. The summed E-state index contributed by atoms with van der Waals surface area (Å²) in [6.45, 7) is 0.169. The molecule has 1 heterocycles. The number of halogens is 3. The number of carbonyl (C=O) groups is 1. The van der Waals surface area contributed by atoms with Gasteiger partial charge < -0.3 is 9.47 Å². The third-order valence-electron chi connectivity index (χ3n) is 4.86. The van der Waals surface area contributed by atoms with Gasteiger partial charge in [-0.3, -0.25) is 20.2 Å². The summed E-state index contributed by atoms with van der Waals surface area (Å²) in [5.74, 6) is -0.303. The Morgan fingerprint density at radius 3 is 2.28 bits per heavy atom. The van der Waals surface area contributed by atoms with E-state index in [4.69, 9.17) is 21.1 Å². The number of hydrogen-bond donors (Lipinski definition) is 0. The Kier molecular flexibility index (Phi) is 7.48. The number of carbonyl (C=O) groups excluding carboxylic acids is 1. The summed E-state index contributed by atoms with van der Waals surface area (Å²) < 4.78 is 12.2. The summed E-state index contributed by atoms with van der Waals surface area (Å²) in [6.07, 6.45) is 1.50. The zero-order valence-corrected chi connectivity index (χ0v) is 21.7. The van der Waals surface area contributed by atoms with Gasteiger partial charge in [-0.15, -0.1) is 0 Å². The van der Waals surface area contributed by atoms with Crippen molar-refractivity contribution in [1.82, 2.24) is 0 Å². The van der Waals surface area contributed by atoms with Crippen molar-refractivity contribution < 1.29 is 24.1 Å². The number of nitro groups is 2. The van der Waals surface area contributed by atoms with Crippen LogP contribution in [0.3, 0.4) is 0 Å². The zero-order chi connectivity index (χ0) is 26.0. The number of rotatable bonds is 7. The summed E-state index contributed by atoms with van der Waals surface area (Å²) in [4.78, 5) is 37.3. The molecule has 0 amide bonds. The van der Waals surface area contributed by atoms with Crippen molar-refractivity contribution >= 4 is 72.8 Å². The smallest absolute Gasteiger partial charge is 0.363 e. The molecule has 0 spiro atoms. The average molecular weight is 638 g/mol. The minimum Gasteiger partial charge on any atom is -0.487 e.